The lowest BCUT2D eigenvalue weighted by Crippen LogP contribution is -2.20. The number of esters is 1. The summed E-state index contributed by atoms with van der Waals surface area (Å²) in [6.45, 7) is 0.445. The van der Waals surface area contributed by atoms with Gasteiger partial charge in [-0.3, -0.25) is 4.79 Å². The number of hydrogen-bond acceptors (Lipinski definition) is 4. The molecule has 0 spiro atoms. The summed E-state index contributed by atoms with van der Waals surface area (Å²) in [7, 11) is 1.40. The third kappa shape index (κ3) is 3.38. The summed E-state index contributed by atoms with van der Waals surface area (Å²) in [4.78, 5) is 12.5. The third-order valence-corrected chi connectivity index (χ3v) is 4.73. The highest BCUT2D eigenvalue weighted by molar-refractivity contribution is 5.81. The van der Waals surface area contributed by atoms with Crippen LogP contribution in [0.3, 0.4) is 0 Å². The number of methoxy groups -OCH3 is 1. The maximum Gasteiger partial charge on any atom is 0.317 e. The standard InChI is InChI=1S/C23H20O4/c1-25-23(24)21-17-11-5-8-14-20(17)27-22(21)18-12-6-7-13-19(18)26-15-16-9-3-2-4-10-16/h2-14,21-22H,15H2,1H3/t21-,22+/m1/s1. The van der Waals surface area contributed by atoms with Gasteiger partial charge in [0.05, 0.1) is 7.11 Å². The number of para-hydroxylation sites is 2. The number of benzene rings is 3. The van der Waals surface area contributed by atoms with E-state index in [0.717, 1.165) is 16.7 Å². The van der Waals surface area contributed by atoms with E-state index in [-0.39, 0.29) is 5.97 Å². The van der Waals surface area contributed by atoms with Gasteiger partial charge in [0.15, 0.2) is 0 Å². The molecule has 0 aliphatic carbocycles. The van der Waals surface area contributed by atoms with E-state index in [1.165, 1.54) is 7.11 Å². The number of rotatable bonds is 5. The first-order valence-electron chi connectivity index (χ1n) is 8.87. The molecular formula is C23H20O4. The van der Waals surface area contributed by atoms with Crippen LogP contribution in [-0.2, 0) is 16.1 Å². The molecule has 4 rings (SSSR count). The Morgan fingerprint density at radius 2 is 1.56 bits per heavy atom. The molecule has 0 saturated heterocycles. The first kappa shape index (κ1) is 17.2. The highest BCUT2D eigenvalue weighted by Crippen LogP contribution is 2.48. The topological polar surface area (TPSA) is 44.8 Å². The minimum absolute atomic E-state index is 0.317. The molecule has 3 aromatic carbocycles. The van der Waals surface area contributed by atoms with E-state index in [4.69, 9.17) is 14.2 Å². The molecule has 0 unspecified atom stereocenters. The van der Waals surface area contributed by atoms with Gasteiger partial charge >= 0.3 is 5.97 Å². The number of hydrogen-bond donors (Lipinski definition) is 0. The Morgan fingerprint density at radius 3 is 2.33 bits per heavy atom. The van der Waals surface area contributed by atoms with Crippen LogP contribution in [0, 0.1) is 0 Å². The molecule has 27 heavy (non-hydrogen) atoms. The molecule has 2 atom stereocenters. The number of ether oxygens (including phenoxy) is 3. The second-order valence-corrected chi connectivity index (χ2v) is 6.39. The van der Waals surface area contributed by atoms with Gasteiger partial charge in [0, 0.05) is 11.1 Å². The lowest BCUT2D eigenvalue weighted by atomic mass is 9.91. The van der Waals surface area contributed by atoms with E-state index in [1.807, 2.05) is 78.9 Å². The van der Waals surface area contributed by atoms with Crippen molar-refractivity contribution in [2.24, 2.45) is 0 Å². The van der Waals surface area contributed by atoms with Gasteiger partial charge in [-0.25, -0.2) is 0 Å². The molecule has 3 aromatic rings. The number of carbonyl (C=O) groups excluding carboxylic acids is 1. The Morgan fingerprint density at radius 1 is 0.889 bits per heavy atom. The normalized spacial score (nSPS) is 17.7. The second-order valence-electron chi connectivity index (χ2n) is 6.39. The average Bonchev–Trinajstić information content (AvgIpc) is 3.12. The molecule has 4 nitrogen and oxygen atoms in total. The van der Waals surface area contributed by atoms with Crippen LogP contribution in [0.15, 0.2) is 78.9 Å². The fourth-order valence-corrected chi connectivity index (χ4v) is 3.42. The Bertz CT molecular complexity index is 936. The Hall–Kier alpha value is -3.27. The molecule has 0 aromatic heterocycles. The van der Waals surface area contributed by atoms with E-state index >= 15 is 0 Å². The van der Waals surface area contributed by atoms with Gasteiger partial charge in [-0.05, 0) is 17.7 Å². The highest BCUT2D eigenvalue weighted by atomic mass is 16.5. The van der Waals surface area contributed by atoms with Crippen molar-refractivity contribution in [2.45, 2.75) is 18.6 Å². The van der Waals surface area contributed by atoms with Gasteiger partial charge in [0.25, 0.3) is 0 Å². The van der Waals surface area contributed by atoms with Crippen LogP contribution in [0.25, 0.3) is 0 Å². The van der Waals surface area contributed by atoms with Gasteiger partial charge in [-0.15, -0.1) is 0 Å². The van der Waals surface area contributed by atoms with Crippen LogP contribution in [0.5, 0.6) is 11.5 Å². The summed E-state index contributed by atoms with van der Waals surface area (Å²) in [5, 5.41) is 0. The van der Waals surface area contributed by atoms with Gasteiger partial charge in [-0.2, -0.15) is 0 Å². The quantitative estimate of drug-likeness (QED) is 0.621. The summed E-state index contributed by atoms with van der Waals surface area (Å²) in [5.41, 5.74) is 2.75. The SMILES string of the molecule is COC(=O)[C@@H]1c2ccccc2O[C@H]1c1ccccc1OCc1ccccc1. The lowest BCUT2D eigenvalue weighted by Gasteiger charge is -2.20. The van der Waals surface area contributed by atoms with Gasteiger partial charge in [0.1, 0.15) is 30.1 Å². The summed E-state index contributed by atoms with van der Waals surface area (Å²) in [6.07, 6.45) is -0.484. The first-order chi connectivity index (χ1) is 13.3. The molecular weight excluding hydrogens is 340 g/mol. The molecule has 1 heterocycles. The number of fused-ring (bicyclic) bond motifs is 1. The maximum atomic E-state index is 12.5. The van der Waals surface area contributed by atoms with Crippen LogP contribution < -0.4 is 9.47 Å². The fraction of sp³-hybridized carbons (Fsp3) is 0.174. The van der Waals surface area contributed by atoms with Gasteiger partial charge < -0.3 is 14.2 Å². The molecule has 0 N–H and O–H groups in total. The molecule has 1 aliphatic rings. The maximum absolute atomic E-state index is 12.5. The largest absolute Gasteiger partial charge is 0.488 e. The average molecular weight is 360 g/mol. The van der Waals surface area contributed by atoms with Crippen LogP contribution in [-0.4, -0.2) is 13.1 Å². The van der Waals surface area contributed by atoms with Crippen molar-refractivity contribution >= 4 is 5.97 Å². The molecule has 4 heteroatoms. The van der Waals surface area contributed by atoms with E-state index in [0.29, 0.717) is 18.1 Å². The Labute approximate surface area is 158 Å². The fourth-order valence-electron chi connectivity index (χ4n) is 3.42. The molecule has 0 saturated carbocycles. The van der Waals surface area contributed by atoms with Crippen LogP contribution in [0.4, 0.5) is 0 Å². The molecule has 0 radical (unpaired) electrons. The predicted molar refractivity (Wildman–Crippen MR) is 102 cm³/mol. The van der Waals surface area contributed by atoms with Gasteiger partial charge in [0.2, 0.25) is 0 Å². The summed E-state index contributed by atoms with van der Waals surface area (Å²) >= 11 is 0. The van der Waals surface area contributed by atoms with Crippen LogP contribution in [0.1, 0.15) is 28.7 Å². The van der Waals surface area contributed by atoms with E-state index < -0.39 is 12.0 Å². The van der Waals surface area contributed by atoms with E-state index in [2.05, 4.69) is 0 Å². The summed E-state index contributed by atoms with van der Waals surface area (Å²) < 4.78 is 17.3. The summed E-state index contributed by atoms with van der Waals surface area (Å²) in [6, 6.07) is 25.2. The van der Waals surface area contributed by atoms with Crippen molar-refractivity contribution in [3.63, 3.8) is 0 Å². The van der Waals surface area contributed by atoms with Crippen LogP contribution in [0.2, 0.25) is 0 Å². The minimum Gasteiger partial charge on any atom is -0.488 e. The minimum atomic E-state index is -0.521. The molecule has 1 aliphatic heterocycles. The molecule has 0 bridgehead atoms. The molecule has 0 fully saturated rings. The zero-order chi connectivity index (χ0) is 18.6. The van der Waals surface area contributed by atoms with Crippen molar-refractivity contribution in [3.8, 4) is 11.5 Å². The van der Waals surface area contributed by atoms with Crippen molar-refractivity contribution in [1.29, 1.82) is 0 Å². The van der Waals surface area contributed by atoms with Crippen molar-refractivity contribution in [2.75, 3.05) is 7.11 Å². The number of carbonyl (C=O) groups is 1. The van der Waals surface area contributed by atoms with Crippen molar-refractivity contribution in [1.82, 2.24) is 0 Å². The van der Waals surface area contributed by atoms with Crippen LogP contribution >= 0.6 is 0 Å². The zero-order valence-corrected chi connectivity index (χ0v) is 15.0. The van der Waals surface area contributed by atoms with Gasteiger partial charge in [-0.1, -0.05) is 66.7 Å². The van der Waals surface area contributed by atoms with Crippen molar-refractivity contribution in [3.05, 3.63) is 95.6 Å². The zero-order valence-electron chi connectivity index (χ0n) is 15.0. The monoisotopic (exact) mass is 360 g/mol. The van der Waals surface area contributed by atoms with Crippen molar-refractivity contribution < 1.29 is 19.0 Å². The van der Waals surface area contributed by atoms with E-state index in [9.17, 15) is 4.79 Å². The Kier molecular flexibility index (Phi) is 4.79. The predicted octanol–water partition coefficient (Wildman–Crippen LogP) is 4.66. The van der Waals surface area contributed by atoms with E-state index in [1.54, 1.807) is 0 Å². The molecule has 136 valence electrons. The lowest BCUT2D eigenvalue weighted by molar-refractivity contribution is -0.144. The first-order valence-corrected chi connectivity index (χ1v) is 8.87. The highest BCUT2D eigenvalue weighted by Gasteiger charge is 2.42. The Balaban J connectivity index is 1.66. The second kappa shape index (κ2) is 7.54. The smallest absolute Gasteiger partial charge is 0.317 e. The summed E-state index contributed by atoms with van der Waals surface area (Å²) in [5.74, 6) is 0.569. The third-order valence-electron chi connectivity index (χ3n) is 4.73. The molecule has 0 amide bonds.